The first kappa shape index (κ1) is 44.0. The van der Waals surface area contributed by atoms with Gasteiger partial charge in [0.05, 0.1) is 48.7 Å². The van der Waals surface area contributed by atoms with Gasteiger partial charge in [0.25, 0.3) is 23.1 Å². The molecule has 1 atom stereocenters. The zero-order valence-electron chi connectivity index (χ0n) is 31.2. The number of hydrogen-bond acceptors (Lipinski definition) is 15. The molecule has 0 fully saturated rings. The number of H-pyrrole nitrogens is 1. The van der Waals surface area contributed by atoms with Crippen LogP contribution in [0.15, 0.2) is 53.5 Å². The van der Waals surface area contributed by atoms with E-state index >= 15 is 0 Å². The van der Waals surface area contributed by atoms with Crippen LogP contribution in [0, 0.1) is 15.9 Å². The predicted molar refractivity (Wildman–Crippen MR) is 204 cm³/mol. The molecule has 0 saturated heterocycles. The van der Waals surface area contributed by atoms with Gasteiger partial charge in [0.1, 0.15) is 23.4 Å². The number of carboxylic acids is 1. The second-order valence-electron chi connectivity index (χ2n) is 12.8. The number of fused-ring (bicyclic) bond motifs is 1. The van der Waals surface area contributed by atoms with Crippen LogP contribution in [0.25, 0.3) is 11.2 Å². The van der Waals surface area contributed by atoms with Crippen LogP contribution in [0.1, 0.15) is 71.4 Å². The SMILES string of the molecule is Nc1nc2ncc(CNc3ccc(C(=O)NC(CCC(=O)CCCOCCOCCC(=O)CCCNC(=O)c4cc([N+](=O)[O-])ccc4F)C(=O)O)cc3)nc2c(=O)[nH]1. The van der Waals surface area contributed by atoms with Crippen LogP contribution in [0.2, 0.25) is 0 Å². The Morgan fingerprint density at radius 1 is 0.914 bits per heavy atom. The summed E-state index contributed by atoms with van der Waals surface area (Å²) < 4.78 is 24.7. The number of nitrogens with zero attached hydrogens (tertiary/aromatic N) is 4. The molecular weight excluding hydrogens is 765 g/mol. The van der Waals surface area contributed by atoms with Crippen molar-refractivity contribution < 1.29 is 47.9 Å². The molecule has 308 valence electrons. The summed E-state index contributed by atoms with van der Waals surface area (Å²) in [5, 5.41) is 28.5. The monoisotopic (exact) mass is 807 g/mol. The third-order valence-corrected chi connectivity index (χ3v) is 8.39. The van der Waals surface area contributed by atoms with E-state index in [1.54, 1.807) is 12.1 Å². The maximum atomic E-state index is 13.9. The molecule has 0 spiro atoms. The van der Waals surface area contributed by atoms with E-state index in [1.165, 1.54) is 18.3 Å². The van der Waals surface area contributed by atoms with Gasteiger partial charge in [-0.2, -0.15) is 4.98 Å². The summed E-state index contributed by atoms with van der Waals surface area (Å²) >= 11 is 0. The minimum atomic E-state index is -1.28. The molecule has 2 aromatic heterocycles. The maximum absolute atomic E-state index is 13.9. The molecule has 20 nitrogen and oxygen atoms in total. The molecule has 0 bridgehead atoms. The molecule has 0 saturated carbocycles. The molecular formula is C37H42FN9O11. The number of aliphatic carboxylic acids is 1. The topological polar surface area (TPSA) is 301 Å². The van der Waals surface area contributed by atoms with Crippen LogP contribution in [-0.2, 0) is 30.4 Å². The zero-order chi connectivity index (χ0) is 42.0. The minimum Gasteiger partial charge on any atom is -0.480 e. The number of aromatic nitrogens is 4. The number of nitrogen functional groups attached to an aromatic ring is 1. The molecule has 58 heavy (non-hydrogen) atoms. The van der Waals surface area contributed by atoms with Crippen LogP contribution in [-0.4, -0.2) is 98.3 Å². The molecule has 0 aliphatic heterocycles. The number of carbonyl (C=O) groups excluding carboxylic acids is 4. The largest absolute Gasteiger partial charge is 0.480 e. The van der Waals surface area contributed by atoms with E-state index in [2.05, 4.69) is 35.9 Å². The molecule has 4 aromatic rings. The van der Waals surface area contributed by atoms with Crippen molar-refractivity contribution in [3.8, 4) is 0 Å². The molecule has 4 rings (SSSR count). The van der Waals surface area contributed by atoms with Gasteiger partial charge in [0.15, 0.2) is 11.2 Å². The Morgan fingerprint density at radius 2 is 1.62 bits per heavy atom. The number of benzene rings is 2. The summed E-state index contributed by atoms with van der Waals surface area (Å²) in [6, 6.07) is 7.59. The molecule has 2 heterocycles. The van der Waals surface area contributed by atoms with Gasteiger partial charge in [-0.15, -0.1) is 0 Å². The summed E-state index contributed by atoms with van der Waals surface area (Å²) in [5.74, 6) is -3.98. The van der Waals surface area contributed by atoms with Crippen molar-refractivity contribution >= 4 is 57.8 Å². The molecule has 0 aliphatic rings. The quantitative estimate of drug-likeness (QED) is 0.0318. The number of hydrogen-bond donors (Lipinski definition) is 6. The number of amides is 2. The van der Waals surface area contributed by atoms with E-state index in [0.717, 1.165) is 18.2 Å². The van der Waals surface area contributed by atoms with Crippen molar-refractivity contribution in [3.05, 3.63) is 91.8 Å². The molecule has 2 aromatic carbocycles. The van der Waals surface area contributed by atoms with E-state index < -0.39 is 51.4 Å². The predicted octanol–water partition coefficient (Wildman–Crippen LogP) is 2.47. The highest BCUT2D eigenvalue weighted by atomic mass is 19.1. The van der Waals surface area contributed by atoms with E-state index in [0.29, 0.717) is 17.8 Å². The van der Waals surface area contributed by atoms with Gasteiger partial charge < -0.3 is 36.3 Å². The van der Waals surface area contributed by atoms with Gasteiger partial charge in [0, 0.05) is 62.2 Å². The van der Waals surface area contributed by atoms with Crippen LogP contribution < -0.4 is 27.2 Å². The Bertz CT molecular complexity index is 2170. The summed E-state index contributed by atoms with van der Waals surface area (Å²) in [7, 11) is 0. The van der Waals surface area contributed by atoms with E-state index in [4.69, 9.17) is 15.2 Å². The number of carbonyl (C=O) groups is 5. The third-order valence-electron chi connectivity index (χ3n) is 8.39. The number of non-ortho nitro benzene ring substituents is 1. The van der Waals surface area contributed by atoms with Gasteiger partial charge in [-0.1, -0.05) is 0 Å². The second kappa shape index (κ2) is 22.1. The zero-order valence-corrected chi connectivity index (χ0v) is 31.2. The highest BCUT2D eigenvalue weighted by Gasteiger charge is 2.22. The van der Waals surface area contributed by atoms with Gasteiger partial charge >= 0.3 is 5.97 Å². The fraction of sp³-hybridized carbons (Fsp3) is 0.378. The first-order chi connectivity index (χ1) is 27.8. The summed E-state index contributed by atoms with van der Waals surface area (Å²) in [6.07, 6.45) is 2.40. The molecule has 0 radical (unpaired) electrons. The van der Waals surface area contributed by atoms with Crippen molar-refractivity contribution in [1.82, 2.24) is 30.6 Å². The van der Waals surface area contributed by atoms with Gasteiger partial charge in [0.2, 0.25) is 5.95 Å². The van der Waals surface area contributed by atoms with Crippen molar-refractivity contribution in [2.24, 2.45) is 0 Å². The van der Waals surface area contributed by atoms with E-state index in [1.807, 2.05) is 0 Å². The Kier molecular flexibility index (Phi) is 16.8. The number of nitro benzene ring substituents is 1. The summed E-state index contributed by atoms with van der Waals surface area (Å²) in [5.41, 5.74) is 5.56. The highest BCUT2D eigenvalue weighted by molar-refractivity contribution is 5.97. The Labute approximate surface area is 329 Å². The van der Waals surface area contributed by atoms with Crippen LogP contribution in [0.3, 0.4) is 0 Å². The number of carboxylic acid groups (broad SMARTS) is 1. The molecule has 1 unspecified atom stereocenters. The maximum Gasteiger partial charge on any atom is 0.326 e. The lowest BCUT2D eigenvalue weighted by atomic mass is 10.1. The summed E-state index contributed by atoms with van der Waals surface area (Å²) in [4.78, 5) is 98.0. The lowest BCUT2D eigenvalue weighted by Crippen LogP contribution is -2.41. The van der Waals surface area contributed by atoms with Crippen LogP contribution in [0.4, 0.5) is 21.7 Å². The van der Waals surface area contributed by atoms with Crippen molar-refractivity contribution in [2.75, 3.05) is 44.0 Å². The average molecular weight is 808 g/mol. The number of nitro groups is 1. The fourth-order valence-electron chi connectivity index (χ4n) is 5.31. The Balaban J connectivity index is 1.02. The Hall–Kier alpha value is -6.74. The third kappa shape index (κ3) is 14.1. The highest BCUT2D eigenvalue weighted by Crippen LogP contribution is 2.17. The number of ketones is 2. The molecule has 21 heteroatoms. The number of ether oxygens (including phenoxy) is 2. The number of nitrogens with one attached hydrogen (secondary N) is 4. The number of aromatic amines is 1. The minimum absolute atomic E-state index is 0.0386. The van der Waals surface area contributed by atoms with Crippen molar-refractivity contribution in [1.29, 1.82) is 0 Å². The number of anilines is 2. The first-order valence-electron chi connectivity index (χ1n) is 18.1. The number of nitrogens with two attached hydrogens (primary N) is 1. The first-order valence-corrected chi connectivity index (χ1v) is 18.1. The number of rotatable bonds is 25. The number of halogens is 1. The standard InChI is InChI=1S/C37H42FN9O11/c38-29-11-9-25(47(55)56)19-28(29)34(51)40-14-1-3-27(49)13-16-58-18-17-57-15-2-4-26(48)10-12-30(36(53)54)44-33(50)22-5-7-23(8-6-22)41-20-24-21-42-32-31(43-24)35(52)46-37(39)45-32/h5-9,11,19,21,30,41H,1-4,10,12-18,20H2,(H,40,51)(H,44,50)(H,53,54)(H3,39,42,45,46,52). The van der Waals surface area contributed by atoms with Crippen molar-refractivity contribution in [2.45, 2.75) is 57.5 Å². The van der Waals surface area contributed by atoms with Gasteiger partial charge in [-0.05, 0) is 49.6 Å². The Morgan fingerprint density at radius 3 is 2.34 bits per heavy atom. The second-order valence-corrected chi connectivity index (χ2v) is 12.8. The summed E-state index contributed by atoms with van der Waals surface area (Å²) in [6.45, 7) is 1.12. The number of Topliss-reactive ketones (excluding diaryl/α,β-unsaturated/α-hetero) is 2. The normalized spacial score (nSPS) is 11.5. The fourth-order valence-corrected chi connectivity index (χ4v) is 5.31. The average Bonchev–Trinajstić information content (AvgIpc) is 3.19. The van der Waals surface area contributed by atoms with Crippen LogP contribution >= 0.6 is 0 Å². The van der Waals surface area contributed by atoms with Gasteiger partial charge in [-0.25, -0.2) is 19.2 Å². The van der Waals surface area contributed by atoms with Crippen molar-refractivity contribution in [3.63, 3.8) is 0 Å². The molecule has 2 amide bonds. The van der Waals surface area contributed by atoms with E-state index in [-0.39, 0.29) is 112 Å². The lowest BCUT2D eigenvalue weighted by Gasteiger charge is -2.14. The lowest BCUT2D eigenvalue weighted by molar-refractivity contribution is -0.384. The van der Waals surface area contributed by atoms with E-state index in [9.17, 15) is 48.4 Å². The molecule has 7 N–H and O–H groups in total. The smallest absolute Gasteiger partial charge is 0.326 e. The van der Waals surface area contributed by atoms with Gasteiger partial charge in [-0.3, -0.25) is 39.1 Å². The van der Waals surface area contributed by atoms with Crippen LogP contribution in [0.5, 0.6) is 0 Å². The molecule has 0 aliphatic carbocycles.